The van der Waals surface area contributed by atoms with E-state index in [0.29, 0.717) is 0 Å². The summed E-state index contributed by atoms with van der Waals surface area (Å²) in [5.41, 5.74) is -0.276. The molecule has 14 heavy (non-hydrogen) atoms. The number of hydrogen-bond donors (Lipinski definition) is 0. The van der Waals surface area contributed by atoms with Gasteiger partial charge >= 0.3 is 0 Å². The number of alkyl halides is 1. The van der Waals surface area contributed by atoms with Gasteiger partial charge in [-0.2, -0.15) is 8.78 Å². The zero-order valence-corrected chi connectivity index (χ0v) is 9.56. The lowest BCUT2D eigenvalue weighted by molar-refractivity contribution is 0.321. The predicted molar refractivity (Wildman–Crippen MR) is 48.4 cm³/mol. The first-order valence-corrected chi connectivity index (χ1v) is 5.12. The maximum Gasteiger partial charge on any atom is 0.205 e. The summed E-state index contributed by atoms with van der Waals surface area (Å²) in [4.78, 5) is 0. The van der Waals surface area contributed by atoms with E-state index in [2.05, 4.69) is 36.6 Å². The summed E-state index contributed by atoms with van der Waals surface area (Å²) in [5, 5.41) is 0. The van der Waals surface area contributed by atoms with Gasteiger partial charge < -0.3 is 4.74 Å². The first-order valence-electron chi connectivity index (χ1n) is 3.20. The van der Waals surface area contributed by atoms with Crippen LogP contribution in [0, 0.1) is 23.3 Å². The molecule has 78 valence electrons. The number of ether oxygens (including phenoxy) is 1. The van der Waals surface area contributed by atoms with Crippen LogP contribution >= 0.6 is 31.9 Å². The van der Waals surface area contributed by atoms with Crippen molar-refractivity contribution in [2.75, 3.05) is 5.52 Å². The lowest BCUT2D eigenvalue weighted by Crippen LogP contribution is -2.03. The molecule has 0 bridgehead atoms. The summed E-state index contributed by atoms with van der Waals surface area (Å²) >= 11 is 5.08. The maximum atomic E-state index is 12.9. The molecule has 0 unspecified atom stereocenters. The van der Waals surface area contributed by atoms with Crippen molar-refractivity contribution in [3.05, 3.63) is 27.7 Å². The van der Waals surface area contributed by atoms with Crippen LogP contribution in [0.3, 0.4) is 0 Å². The standard InChI is InChI=1S/C7H2Br2F4O/c8-1-14-7-5(12)3(10)2(9)4(11)6(7)13/h1H2. The summed E-state index contributed by atoms with van der Waals surface area (Å²) in [6.45, 7) is 0. The van der Waals surface area contributed by atoms with Gasteiger partial charge in [-0.05, 0) is 31.9 Å². The van der Waals surface area contributed by atoms with Gasteiger partial charge in [0, 0.05) is 0 Å². The third-order valence-corrected chi connectivity index (χ3v) is 2.29. The quantitative estimate of drug-likeness (QED) is 0.346. The minimum atomic E-state index is -1.57. The Morgan fingerprint density at radius 3 is 1.71 bits per heavy atom. The molecule has 1 aromatic carbocycles. The van der Waals surface area contributed by atoms with Crippen molar-refractivity contribution < 1.29 is 22.3 Å². The van der Waals surface area contributed by atoms with Crippen molar-refractivity contribution in [3.8, 4) is 5.75 Å². The van der Waals surface area contributed by atoms with Crippen LogP contribution in [-0.4, -0.2) is 5.52 Å². The number of benzene rings is 1. The Balaban J connectivity index is 3.43. The second kappa shape index (κ2) is 4.48. The van der Waals surface area contributed by atoms with E-state index in [9.17, 15) is 17.6 Å². The second-order valence-corrected chi connectivity index (χ2v) is 3.40. The molecule has 0 saturated heterocycles. The zero-order chi connectivity index (χ0) is 10.9. The molecule has 0 heterocycles. The smallest absolute Gasteiger partial charge is 0.205 e. The molecule has 1 nitrogen and oxygen atoms in total. The maximum absolute atomic E-state index is 12.9. The SMILES string of the molecule is Fc1c(F)c(OCBr)c(F)c(F)c1Br. The van der Waals surface area contributed by atoms with Crippen molar-refractivity contribution in [2.45, 2.75) is 0 Å². The van der Waals surface area contributed by atoms with E-state index in [-0.39, 0.29) is 5.52 Å². The van der Waals surface area contributed by atoms with Gasteiger partial charge in [-0.1, -0.05) is 0 Å². The van der Waals surface area contributed by atoms with Crippen molar-refractivity contribution in [2.24, 2.45) is 0 Å². The van der Waals surface area contributed by atoms with Crippen LogP contribution in [-0.2, 0) is 0 Å². The van der Waals surface area contributed by atoms with E-state index >= 15 is 0 Å². The van der Waals surface area contributed by atoms with Gasteiger partial charge in [-0.15, -0.1) is 0 Å². The van der Waals surface area contributed by atoms with Crippen LogP contribution in [0.5, 0.6) is 5.75 Å². The Kier molecular flexibility index (Phi) is 3.77. The summed E-state index contributed by atoms with van der Waals surface area (Å²) < 4.78 is 55.0. The van der Waals surface area contributed by atoms with E-state index in [4.69, 9.17) is 0 Å². The van der Waals surface area contributed by atoms with Gasteiger partial charge in [0.2, 0.25) is 11.6 Å². The predicted octanol–water partition coefficient (Wildman–Crippen LogP) is 3.74. The van der Waals surface area contributed by atoms with E-state index < -0.39 is 33.5 Å². The molecule has 0 aliphatic carbocycles. The molecular weight excluding hydrogens is 336 g/mol. The average Bonchev–Trinajstić information content (AvgIpc) is 2.19. The van der Waals surface area contributed by atoms with Crippen molar-refractivity contribution in [1.82, 2.24) is 0 Å². The molecule has 1 rings (SSSR count). The molecule has 0 amide bonds. The molecule has 1 aromatic rings. The van der Waals surface area contributed by atoms with E-state index in [1.54, 1.807) is 0 Å². The van der Waals surface area contributed by atoms with Crippen molar-refractivity contribution in [1.29, 1.82) is 0 Å². The minimum Gasteiger partial charge on any atom is -0.476 e. The third-order valence-electron chi connectivity index (χ3n) is 1.37. The van der Waals surface area contributed by atoms with Crippen LogP contribution < -0.4 is 4.74 Å². The number of halogens is 6. The third kappa shape index (κ3) is 1.88. The molecule has 0 aromatic heterocycles. The van der Waals surface area contributed by atoms with Gasteiger partial charge in [0.15, 0.2) is 17.4 Å². The first kappa shape index (κ1) is 11.8. The van der Waals surface area contributed by atoms with Crippen LogP contribution in [0.4, 0.5) is 17.6 Å². The minimum absolute atomic E-state index is 0.276. The molecule has 0 saturated carbocycles. The topological polar surface area (TPSA) is 9.23 Å². The Labute approximate surface area is 93.3 Å². The Hall–Kier alpha value is -0.300. The molecule has 0 spiro atoms. The second-order valence-electron chi connectivity index (χ2n) is 2.15. The Morgan fingerprint density at radius 1 is 0.929 bits per heavy atom. The molecule has 0 aliphatic rings. The number of hydrogen-bond acceptors (Lipinski definition) is 1. The molecule has 0 atom stereocenters. The average molecular weight is 338 g/mol. The zero-order valence-electron chi connectivity index (χ0n) is 6.38. The lowest BCUT2D eigenvalue weighted by atomic mass is 10.3. The van der Waals surface area contributed by atoms with Crippen molar-refractivity contribution in [3.63, 3.8) is 0 Å². The highest BCUT2D eigenvalue weighted by atomic mass is 79.9. The fraction of sp³-hybridized carbons (Fsp3) is 0.143. The lowest BCUT2D eigenvalue weighted by Gasteiger charge is -2.07. The fourth-order valence-electron chi connectivity index (χ4n) is 0.766. The Morgan fingerprint density at radius 2 is 1.36 bits per heavy atom. The van der Waals surface area contributed by atoms with Gasteiger partial charge in [0.1, 0.15) is 5.52 Å². The summed E-state index contributed by atoms with van der Waals surface area (Å²) in [5.74, 6) is -7.29. The van der Waals surface area contributed by atoms with Crippen LogP contribution in [0.25, 0.3) is 0 Å². The molecule has 0 N–H and O–H groups in total. The Bertz CT molecular complexity index is 340. The monoisotopic (exact) mass is 336 g/mol. The van der Waals surface area contributed by atoms with Crippen LogP contribution in [0.15, 0.2) is 4.47 Å². The molecular formula is C7H2Br2F4O. The molecule has 0 aliphatic heterocycles. The largest absolute Gasteiger partial charge is 0.476 e. The summed E-state index contributed by atoms with van der Waals surface area (Å²) in [6, 6.07) is 0. The normalized spacial score (nSPS) is 10.4. The first-order chi connectivity index (χ1) is 6.50. The van der Waals surface area contributed by atoms with Gasteiger partial charge in [-0.25, -0.2) is 8.78 Å². The molecule has 0 fully saturated rings. The highest BCUT2D eigenvalue weighted by Crippen LogP contribution is 2.32. The molecule has 0 radical (unpaired) electrons. The highest BCUT2D eigenvalue weighted by Gasteiger charge is 2.25. The summed E-state index contributed by atoms with van der Waals surface area (Å²) in [6.07, 6.45) is 0. The van der Waals surface area contributed by atoms with Crippen molar-refractivity contribution >= 4 is 31.9 Å². The molecule has 7 heteroatoms. The van der Waals surface area contributed by atoms with E-state index in [1.165, 1.54) is 0 Å². The van der Waals surface area contributed by atoms with Crippen LogP contribution in [0.1, 0.15) is 0 Å². The summed E-state index contributed by atoms with van der Waals surface area (Å²) in [7, 11) is 0. The van der Waals surface area contributed by atoms with E-state index in [1.807, 2.05) is 0 Å². The van der Waals surface area contributed by atoms with E-state index in [0.717, 1.165) is 0 Å². The van der Waals surface area contributed by atoms with Gasteiger partial charge in [0.25, 0.3) is 0 Å². The number of rotatable bonds is 2. The van der Waals surface area contributed by atoms with Crippen LogP contribution in [0.2, 0.25) is 0 Å². The fourth-order valence-corrected chi connectivity index (χ4v) is 1.34. The van der Waals surface area contributed by atoms with Gasteiger partial charge in [0.05, 0.1) is 4.47 Å². The highest BCUT2D eigenvalue weighted by molar-refractivity contribution is 9.10. The van der Waals surface area contributed by atoms with Gasteiger partial charge in [-0.3, -0.25) is 0 Å².